The van der Waals surface area contributed by atoms with Crippen LogP contribution in [0, 0.1) is 5.41 Å². The van der Waals surface area contributed by atoms with Gasteiger partial charge in [-0.2, -0.15) is 0 Å². The van der Waals surface area contributed by atoms with E-state index in [1.807, 2.05) is 0 Å². The van der Waals surface area contributed by atoms with Crippen LogP contribution in [0.15, 0.2) is 16.7 Å². The molecule has 0 atom stereocenters. The fraction of sp³-hybridized carbons (Fsp3) is 0.500. The van der Waals surface area contributed by atoms with Crippen LogP contribution in [0.4, 0.5) is 0 Å². The van der Waals surface area contributed by atoms with E-state index in [0.717, 1.165) is 0 Å². The zero-order valence-corrected chi connectivity index (χ0v) is 10.7. The summed E-state index contributed by atoms with van der Waals surface area (Å²) in [7, 11) is 1.58. The molecule has 0 aliphatic carbocycles. The van der Waals surface area contributed by atoms with E-state index in [9.17, 15) is 9.59 Å². The molecule has 1 aromatic heterocycles. The monoisotopic (exact) mass is 254 g/mol. The van der Waals surface area contributed by atoms with Crippen LogP contribution in [0.2, 0.25) is 0 Å². The third-order valence-electron chi connectivity index (χ3n) is 2.67. The van der Waals surface area contributed by atoms with E-state index in [0.29, 0.717) is 12.3 Å². The van der Waals surface area contributed by atoms with E-state index in [-0.39, 0.29) is 18.0 Å². The van der Waals surface area contributed by atoms with Crippen LogP contribution >= 0.6 is 0 Å². The molecule has 18 heavy (non-hydrogen) atoms. The van der Waals surface area contributed by atoms with Crippen molar-refractivity contribution in [3.8, 4) is 0 Å². The number of nitrogens with one attached hydrogen (secondary N) is 2. The van der Waals surface area contributed by atoms with Gasteiger partial charge in [0.05, 0.1) is 18.2 Å². The maximum absolute atomic E-state index is 11.5. The average molecular weight is 254 g/mol. The van der Waals surface area contributed by atoms with Crippen molar-refractivity contribution in [1.29, 1.82) is 0 Å². The molecule has 1 heterocycles. The van der Waals surface area contributed by atoms with Crippen LogP contribution in [-0.2, 0) is 11.3 Å². The summed E-state index contributed by atoms with van der Waals surface area (Å²) in [6, 6.07) is 1.41. The van der Waals surface area contributed by atoms with Gasteiger partial charge in [0.1, 0.15) is 11.3 Å². The SMILES string of the molecule is CNC(=O)C(C)(C)CNCc1occc1C(=O)O. The fourth-order valence-electron chi connectivity index (χ4n) is 1.58. The van der Waals surface area contributed by atoms with Gasteiger partial charge in [0.2, 0.25) is 5.91 Å². The molecule has 0 bridgehead atoms. The van der Waals surface area contributed by atoms with Crippen molar-refractivity contribution in [2.75, 3.05) is 13.6 Å². The number of rotatable bonds is 6. The summed E-state index contributed by atoms with van der Waals surface area (Å²) in [5.74, 6) is -0.741. The Labute approximate surface area is 105 Å². The van der Waals surface area contributed by atoms with Gasteiger partial charge in [-0.3, -0.25) is 4.79 Å². The summed E-state index contributed by atoms with van der Waals surface area (Å²) in [5, 5.41) is 14.5. The Balaban J connectivity index is 2.54. The van der Waals surface area contributed by atoms with Crippen molar-refractivity contribution in [3.05, 3.63) is 23.7 Å². The van der Waals surface area contributed by atoms with E-state index >= 15 is 0 Å². The molecule has 3 N–H and O–H groups in total. The van der Waals surface area contributed by atoms with E-state index in [1.165, 1.54) is 12.3 Å². The summed E-state index contributed by atoms with van der Waals surface area (Å²) < 4.78 is 5.08. The fourth-order valence-corrected chi connectivity index (χ4v) is 1.58. The van der Waals surface area contributed by atoms with Gasteiger partial charge in [0.15, 0.2) is 0 Å². The lowest BCUT2D eigenvalue weighted by Gasteiger charge is -2.22. The molecule has 1 rings (SSSR count). The third-order valence-corrected chi connectivity index (χ3v) is 2.67. The lowest BCUT2D eigenvalue weighted by molar-refractivity contribution is -0.128. The number of furan rings is 1. The van der Waals surface area contributed by atoms with Crippen LogP contribution in [0.5, 0.6) is 0 Å². The minimum Gasteiger partial charge on any atom is -0.478 e. The van der Waals surface area contributed by atoms with Gasteiger partial charge in [-0.1, -0.05) is 0 Å². The summed E-state index contributed by atoms with van der Waals surface area (Å²) >= 11 is 0. The number of carboxylic acids is 1. The van der Waals surface area contributed by atoms with E-state index in [1.54, 1.807) is 20.9 Å². The van der Waals surface area contributed by atoms with E-state index in [4.69, 9.17) is 9.52 Å². The summed E-state index contributed by atoms with van der Waals surface area (Å²) in [6.45, 7) is 4.31. The molecule has 0 fully saturated rings. The highest BCUT2D eigenvalue weighted by atomic mass is 16.4. The molecular formula is C12H18N2O4. The molecule has 0 unspecified atom stereocenters. The standard InChI is InChI=1S/C12H18N2O4/c1-12(2,11(17)13-3)7-14-6-9-8(10(15)16)4-5-18-9/h4-5,14H,6-7H2,1-3H3,(H,13,17)(H,15,16). The third kappa shape index (κ3) is 3.33. The van der Waals surface area contributed by atoms with Crippen molar-refractivity contribution in [1.82, 2.24) is 10.6 Å². The van der Waals surface area contributed by atoms with Crippen molar-refractivity contribution in [3.63, 3.8) is 0 Å². The number of hydrogen-bond acceptors (Lipinski definition) is 4. The molecule has 1 amide bonds. The molecule has 0 aliphatic rings. The Hall–Kier alpha value is -1.82. The second-order valence-corrected chi connectivity index (χ2v) is 4.63. The van der Waals surface area contributed by atoms with Crippen molar-refractivity contribution in [2.45, 2.75) is 20.4 Å². The highest BCUT2D eigenvalue weighted by Crippen LogP contribution is 2.15. The van der Waals surface area contributed by atoms with Crippen LogP contribution in [0.25, 0.3) is 0 Å². The van der Waals surface area contributed by atoms with Gasteiger partial charge in [0.25, 0.3) is 0 Å². The highest BCUT2D eigenvalue weighted by Gasteiger charge is 2.26. The Bertz CT molecular complexity index is 437. The topological polar surface area (TPSA) is 91.6 Å². The molecule has 100 valence electrons. The molecule has 0 aliphatic heterocycles. The predicted molar refractivity (Wildman–Crippen MR) is 65.2 cm³/mol. The molecule has 0 spiro atoms. The van der Waals surface area contributed by atoms with Gasteiger partial charge in [0, 0.05) is 13.6 Å². The molecular weight excluding hydrogens is 236 g/mol. The summed E-state index contributed by atoms with van der Waals surface area (Å²) in [6.07, 6.45) is 1.34. The zero-order chi connectivity index (χ0) is 13.8. The quantitative estimate of drug-likeness (QED) is 0.699. The minimum atomic E-state index is -1.02. The first kappa shape index (κ1) is 14.2. The lowest BCUT2D eigenvalue weighted by Crippen LogP contribution is -2.41. The van der Waals surface area contributed by atoms with E-state index < -0.39 is 11.4 Å². The van der Waals surface area contributed by atoms with Gasteiger partial charge < -0.3 is 20.2 Å². The Kier molecular flexibility index (Phi) is 4.49. The first-order valence-electron chi connectivity index (χ1n) is 5.61. The number of carbonyl (C=O) groups is 2. The molecule has 0 saturated heterocycles. The molecule has 0 aromatic carbocycles. The Morgan fingerprint density at radius 1 is 1.44 bits per heavy atom. The Morgan fingerprint density at radius 3 is 2.67 bits per heavy atom. The van der Waals surface area contributed by atoms with Crippen molar-refractivity contribution < 1.29 is 19.1 Å². The van der Waals surface area contributed by atoms with Gasteiger partial charge in [-0.05, 0) is 19.9 Å². The van der Waals surface area contributed by atoms with Crippen LogP contribution in [-0.4, -0.2) is 30.6 Å². The largest absolute Gasteiger partial charge is 0.478 e. The summed E-state index contributed by atoms with van der Waals surface area (Å²) in [4.78, 5) is 22.4. The number of carbonyl (C=O) groups excluding carboxylic acids is 1. The lowest BCUT2D eigenvalue weighted by atomic mass is 9.92. The maximum atomic E-state index is 11.5. The second-order valence-electron chi connectivity index (χ2n) is 4.63. The summed E-state index contributed by atoms with van der Waals surface area (Å²) in [5.41, 5.74) is -0.426. The van der Waals surface area contributed by atoms with Crippen molar-refractivity contribution >= 4 is 11.9 Å². The van der Waals surface area contributed by atoms with Gasteiger partial charge >= 0.3 is 5.97 Å². The molecule has 6 nitrogen and oxygen atoms in total. The Morgan fingerprint density at radius 2 is 2.11 bits per heavy atom. The van der Waals surface area contributed by atoms with Crippen LogP contribution < -0.4 is 10.6 Å². The number of carboxylic acid groups (broad SMARTS) is 1. The van der Waals surface area contributed by atoms with Crippen molar-refractivity contribution in [2.24, 2.45) is 5.41 Å². The maximum Gasteiger partial charge on any atom is 0.339 e. The van der Waals surface area contributed by atoms with Crippen LogP contribution in [0.1, 0.15) is 30.0 Å². The average Bonchev–Trinajstić information content (AvgIpc) is 2.76. The molecule has 0 radical (unpaired) electrons. The predicted octanol–water partition coefficient (Wildman–Crippen LogP) is 0.840. The van der Waals surface area contributed by atoms with E-state index in [2.05, 4.69) is 10.6 Å². The second kappa shape index (κ2) is 5.68. The highest BCUT2D eigenvalue weighted by molar-refractivity contribution is 5.88. The first-order valence-corrected chi connectivity index (χ1v) is 5.61. The first-order chi connectivity index (χ1) is 8.38. The van der Waals surface area contributed by atoms with Gasteiger partial charge in [-0.25, -0.2) is 4.79 Å². The smallest absolute Gasteiger partial charge is 0.339 e. The molecule has 6 heteroatoms. The molecule has 0 saturated carbocycles. The number of aromatic carboxylic acids is 1. The normalized spacial score (nSPS) is 11.3. The van der Waals surface area contributed by atoms with Gasteiger partial charge in [-0.15, -0.1) is 0 Å². The number of hydrogen-bond donors (Lipinski definition) is 3. The minimum absolute atomic E-state index is 0.0760. The zero-order valence-electron chi connectivity index (χ0n) is 10.7. The number of amides is 1. The molecule has 1 aromatic rings. The van der Waals surface area contributed by atoms with Crippen LogP contribution in [0.3, 0.4) is 0 Å².